The monoisotopic (exact) mass is 290 g/mol. The Balaban J connectivity index is 2.07. The van der Waals surface area contributed by atoms with E-state index < -0.39 is 0 Å². The molecule has 0 unspecified atom stereocenters. The SMILES string of the molecule is CCCCNc1cc(Nc2ccc(Cl)cc2C)ncn1. The van der Waals surface area contributed by atoms with E-state index in [9.17, 15) is 0 Å². The Bertz CT molecular complexity index is 572. The van der Waals surface area contributed by atoms with Crippen molar-refractivity contribution in [1.29, 1.82) is 0 Å². The molecule has 1 aromatic heterocycles. The minimum atomic E-state index is 0.734. The smallest absolute Gasteiger partial charge is 0.135 e. The fourth-order valence-electron chi connectivity index (χ4n) is 1.82. The molecule has 0 radical (unpaired) electrons. The van der Waals surface area contributed by atoms with E-state index in [2.05, 4.69) is 27.5 Å². The zero-order valence-corrected chi connectivity index (χ0v) is 12.5. The van der Waals surface area contributed by atoms with Crippen molar-refractivity contribution in [2.75, 3.05) is 17.2 Å². The lowest BCUT2D eigenvalue weighted by Crippen LogP contribution is -2.04. The Kier molecular flexibility index (Phi) is 5.18. The van der Waals surface area contributed by atoms with Crippen LogP contribution in [0.2, 0.25) is 5.02 Å². The van der Waals surface area contributed by atoms with Crippen molar-refractivity contribution >= 4 is 28.9 Å². The largest absolute Gasteiger partial charge is 0.370 e. The van der Waals surface area contributed by atoms with Crippen LogP contribution >= 0.6 is 11.6 Å². The molecule has 20 heavy (non-hydrogen) atoms. The minimum Gasteiger partial charge on any atom is -0.370 e. The highest BCUT2D eigenvalue weighted by atomic mass is 35.5. The van der Waals surface area contributed by atoms with Crippen LogP contribution in [0.15, 0.2) is 30.6 Å². The molecule has 0 aliphatic rings. The van der Waals surface area contributed by atoms with Crippen molar-refractivity contribution < 1.29 is 0 Å². The molecule has 0 fully saturated rings. The molecule has 0 amide bonds. The van der Waals surface area contributed by atoms with Crippen molar-refractivity contribution in [3.8, 4) is 0 Å². The molecule has 1 heterocycles. The Morgan fingerprint density at radius 1 is 1.15 bits per heavy atom. The first kappa shape index (κ1) is 14.6. The van der Waals surface area contributed by atoms with Gasteiger partial charge >= 0.3 is 0 Å². The first-order chi connectivity index (χ1) is 9.69. The van der Waals surface area contributed by atoms with Gasteiger partial charge in [-0.1, -0.05) is 24.9 Å². The Labute approximate surface area is 124 Å². The summed E-state index contributed by atoms with van der Waals surface area (Å²) in [6.45, 7) is 5.10. The molecule has 0 spiro atoms. The number of aromatic nitrogens is 2. The maximum absolute atomic E-state index is 5.95. The zero-order valence-electron chi connectivity index (χ0n) is 11.8. The molecule has 2 rings (SSSR count). The first-order valence-electron chi connectivity index (χ1n) is 6.78. The van der Waals surface area contributed by atoms with Crippen LogP contribution in [0.25, 0.3) is 0 Å². The van der Waals surface area contributed by atoms with E-state index in [-0.39, 0.29) is 0 Å². The van der Waals surface area contributed by atoms with Crippen LogP contribution < -0.4 is 10.6 Å². The second kappa shape index (κ2) is 7.10. The lowest BCUT2D eigenvalue weighted by molar-refractivity contribution is 0.830. The third-order valence-corrected chi connectivity index (χ3v) is 3.19. The molecule has 0 aliphatic heterocycles. The topological polar surface area (TPSA) is 49.8 Å². The highest BCUT2D eigenvalue weighted by Crippen LogP contribution is 2.23. The summed E-state index contributed by atoms with van der Waals surface area (Å²) in [7, 11) is 0. The lowest BCUT2D eigenvalue weighted by Gasteiger charge is -2.10. The number of unbranched alkanes of at least 4 members (excludes halogenated alkanes) is 1. The first-order valence-corrected chi connectivity index (χ1v) is 7.16. The van der Waals surface area contributed by atoms with E-state index >= 15 is 0 Å². The van der Waals surface area contributed by atoms with Gasteiger partial charge in [-0.2, -0.15) is 0 Å². The van der Waals surface area contributed by atoms with Crippen LogP contribution in [-0.2, 0) is 0 Å². The number of aryl methyl sites for hydroxylation is 1. The zero-order chi connectivity index (χ0) is 14.4. The number of halogens is 1. The van der Waals surface area contributed by atoms with Crippen molar-refractivity contribution in [3.05, 3.63) is 41.2 Å². The molecule has 2 aromatic rings. The summed E-state index contributed by atoms with van der Waals surface area (Å²) >= 11 is 5.95. The molecule has 0 aliphatic carbocycles. The van der Waals surface area contributed by atoms with Gasteiger partial charge in [0.25, 0.3) is 0 Å². The van der Waals surface area contributed by atoms with Crippen LogP contribution in [-0.4, -0.2) is 16.5 Å². The summed E-state index contributed by atoms with van der Waals surface area (Å²) in [6.07, 6.45) is 3.85. The number of nitrogens with zero attached hydrogens (tertiary/aromatic N) is 2. The molecule has 0 saturated heterocycles. The average Bonchev–Trinajstić information content (AvgIpc) is 2.43. The van der Waals surface area contributed by atoms with Crippen molar-refractivity contribution in [1.82, 2.24) is 9.97 Å². The molecular formula is C15H19ClN4. The third-order valence-electron chi connectivity index (χ3n) is 2.95. The fraction of sp³-hybridized carbons (Fsp3) is 0.333. The van der Waals surface area contributed by atoms with Crippen LogP contribution in [0.3, 0.4) is 0 Å². The molecule has 0 bridgehead atoms. The predicted octanol–water partition coefficient (Wildman–Crippen LogP) is 4.39. The van der Waals surface area contributed by atoms with E-state index in [4.69, 9.17) is 11.6 Å². The summed E-state index contributed by atoms with van der Waals surface area (Å²) < 4.78 is 0. The molecule has 2 N–H and O–H groups in total. The number of rotatable bonds is 6. The minimum absolute atomic E-state index is 0.734. The highest BCUT2D eigenvalue weighted by molar-refractivity contribution is 6.30. The predicted molar refractivity (Wildman–Crippen MR) is 84.9 cm³/mol. The van der Waals surface area contributed by atoms with Gasteiger partial charge in [0, 0.05) is 23.3 Å². The second-order valence-corrected chi connectivity index (χ2v) is 5.09. The number of hydrogen-bond acceptors (Lipinski definition) is 4. The summed E-state index contributed by atoms with van der Waals surface area (Å²) in [5, 5.41) is 7.30. The van der Waals surface area contributed by atoms with E-state index in [0.29, 0.717) is 0 Å². The van der Waals surface area contributed by atoms with E-state index in [0.717, 1.165) is 47.3 Å². The Hall–Kier alpha value is -1.81. The van der Waals surface area contributed by atoms with Gasteiger partial charge in [0.2, 0.25) is 0 Å². The fourth-order valence-corrected chi connectivity index (χ4v) is 2.05. The van der Waals surface area contributed by atoms with Crippen molar-refractivity contribution in [2.45, 2.75) is 26.7 Å². The van der Waals surface area contributed by atoms with Gasteiger partial charge in [-0.05, 0) is 37.1 Å². The second-order valence-electron chi connectivity index (χ2n) is 4.65. The van der Waals surface area contributed by atoms with Crippen LogP contribution in [0, 0.1) is 6.92 Å². The molecule has 106 valence electrons. The number of nitrogens with one attached hydrogen (secondary N) is 2. The maximum Gasteiger partial charge on any atom is 0.135 e. The number of hydrogen-bond donors (Lipinski definition) is 2. The molecule has 5 heteroatoms. The van der Waals surface area contributed by atoms with E-state index in [1.807, 2.05) is 31.2 Å². The standard InChI is InChI=1S/C15H19ClN4/c1-3-4-7-17-14-9-15(19-10-18-14)20-13-6-5-12(16)8-11(13)2/h5-6,8-10H,3-4,7H2,1-2H3,(H2,17,18,19,20). The molecule has 0 atom stereocenters. The summed E-state index contributed by atoms with van der Waals surface area (Å²) in [5.41, 5.74) is 2.07. The Morgan fingerprint density at radius 2 is 1.95 bits per heavy atom. The molecule has 0 saturated carbocycles. The van der Waals surface area contributed by atoms with E-state index in [1.54, 1.807) is 6.33 Å². The van der Waals surface area contributed by atoms with Crippen molar-refractivity contribution in [3.63, 3.8) is 0 Å². The van der Waals surface area contributed by atoms with Gasteiger partial charge in [0.15, 0.2) is 0 Å². The van der Waals surface area contributed by atoms with Gasteiger partial charge < -0.3 is 10.6 Å². The van der Waals surface area contributed by atoms with Crippen LogP contribution in [0.5, 0.6) is 0 Å². The number of anilines is 3. The maximum atomic E-state index is 5.95. The molecular weight excluding hydrogens is 272 g/mol. The van der Waals surface area contributed by atoms with Gasteiger partial charge in [-0.25, -0.2) is 9.97 Å². The third kappa shape index (κ3) is 4.10. The van der Waals surface area contributed by atoms with Crippen molar-refractivity contribution in [2.24, 2.45) is 0 Å². The quantitative estimate of drug-likeness (QED) is 0.775. The number of benzene rings is 1. The van der Waals surface area contributed by atoms with Crippen LogP contribution in [0.1, 0.15) is 25.3 Å². The summed E-state index contributed by atoms with van der Waals surface area (Å²) in [6, 6.07) is 7.64. The van der Waals surface area contributed by atoms with Gasteiger partial charge in [-0.15, -0.1) is 0 Å². The van der Waals surface area contributed by atoms with Crippen LogP contribution in [0.4, 0.5) is 17.3 Å². The lowest BCUT2D eigenvalue weighted by atomic mass is 10.2. The molecule has 4 nitrogen and oxygen atoms in total. The van der Waals surface area contributed by atoms with Gasteiger partial charge in [0.1, 0.15) is 18.0 Å². The summed E-state index contributed by atoms with van der Waals surface area (Å²) in [5.74, 6) is 1.60. The summed E-state index contributed by atoms with van der Waals surface area (Å²) in [4.78, 5) is 8.44. The highest BCUT2D eigenvalue weighted by Gasteiger charge is 2.02. The Morgan fingerprint density at radius 3 is 2.70 bits per heavy atom. The van der Waals surface area contributed by atoms with Gasteiger partial charge in [-0.3, -0.25) is 0 Å². The normalized spacial score (nSPS) is 10.3. The average molecular weight is 291 g/mol. The van der Waals surface area contributed by atoms with Gasteiger partial charge in [0.05, 0.1) is 0 Å². The van der Waals surface area contributed by atoms with E-state index in [1.165, 1.54) is 0 Å². The molecule has 1 aromatic carbocycles.